The molecule has 7 heteroatoms. The minimum absolute atomic E-state index is 0.00433. The molecular weight excluding hydrogens is 258 g/mol. The summed E-state index contributed by atoms with van der Waals surface area (Å²) < 4.78 is 12.5. The maximum absolute atomic E-state index is 5.43. The minimum Gasteiger partial charge on any atom is -0.379 e. The molecule has 1 saturated heterocycles. The van der Waals surface area contributed by atoms with Gasteiger partial charge in [0, 0.05) is 13.7 Å². The molecule has 2 heterocycles. The highest BCUT2D eigenvalue weighted by molar-refractivity contribution is 5.39. The zero-order valence-corrected chi connectivity index (χ0v) is 11.3. The fourth-order valence-corrected chi connectivity index (χ4v) is 2.30. The first-order valence-corrected chi connectivity index (χ1v) is 6.59. The molecule has 1 aromatic carbocycles. The Morgan fingerprint density at radius 2 is 2.20 bits per heavy atom. The number of para-hydroxylation sites is 1. The van der Waals surface area contributed by atoms with Gasteiger partial charge in [0.05, 0.1) is 18.3 Å². The third-order valence-corrected chi connectivity index (χ3v) is 3.39. The third kappa shape index (κ3) is 2.63. The second kappa shape index (κ2) is 5.98. The lowest BCUT2D eigenvalue weighted by Gasteiger charge is -2.30. The maximum Gasteiger partial charge on any atom is 0.248 e. The van der Waals surface area contributed by atoms with E-state index in [1.165, 1.54) is 0 Å². The van der Waals surface area contributed by atoms with Crippen LogP contribution in [-0.4, -0.2) is 52.7 Å². The highest BCUT2D eigenvalue weighted by Crippen LogP contribution is 2.17. The number of ether oxygens (including phenoxy) is 2. The summed E-state index contributed by atoms with van der Waals surface area (Å²) in [5, 5.41) is 15.2. The maximum atomic E-state index is 5.43. The Bertz CT molecular complexity index is 545. The highest BCUT2D eigenvalue weighted by atomic mass is 16.5. The van der Waals surface area contributed by atoms with Crippen molar-refractivity contribution in [1.82, 2.24) is 20.2 Å². The molecule has 2 aromatic rings. The number of hydrogen-bond donors (Lipinski definition) is 1. The van der Waals surface area contributed by atoms with Crippen molar-refractivity contribution in [2.75, 3.05) is 25.6 Å². The van der Waals surface area contributed by atoms with Gasteiger partial charge >= 0.3 is 0 Å². The van der Waals surface area contributed by atoms with Crippen LogP contribution in [0.5, 0.6) is 0 Å². The SMILES string of the molecule is CO[C@H]1COCC[C@@H]1Nc1nnnn1-c1ccccc1. The fraction of sp³-hybridized carbons (Fsp3) is 0.462. The van der Waals surface area contributed by atoms with E-state index in [0.29, 0.717) is 19.2 Å². The summed E-state index contributed by atoms with van der Waals surface area (Å²) in [6, 6.07) is 9.92. The number of anilines is 1. The lowest BCUT2D eigenvalue weighted by molar-refractivity contribution is -0.0368. The van der Waals surface area contributed by atoms with Crippen LogP contribution in [-0.2, 0) is 9.47 Å². The van der Waals surface area contributed by atoms with Gasteiger partial charge < -0.3 is 14.8 Å². The van der Waals surface area contributed by atoms with Crippen molar-refractivity contribution in [3.05, 3.63) is 30.3 Å². The summed E-state index contributed by atoms with van der Waals surface area (Å²) in [6.45, 7) is 1.30. The van der Waals surface area contributed by atoms with E-state index in [1.54, 1.807) is 11.8 Å². The number of rotatable bonds is 4. The van der Waals surface area contributed by atoms with E-state index in [4.69, 9.17) is 9.47 Å². The van der Waals surface area contributed by atoms with E-state index in [1.807, 2.05) is 30.3 Å². The van der Waals surface area contributed by atoms with Crippen LogP contribution in [0.4, 0.5) is 5.95 Å². The number of nitrogens with one attached hydrogen (secondary N) is 1. The molecule has 1 N–H and O–H groups in total. The smallest absolute Gasteiger partial charge is 0.248 e. The van der Waals surface area contributed by atoms with Crippen molar-refractivity contribution in [2.45, 2.75) is 18.6 Å². The first-order valence-electron chi connectivity index (χ1n) is 6.59. The average molecular weight is 275 g/mol. The molecule has 20 heavy (non-hydrogen) atoms. The van der Waals surface area contributed by atoms with E-state index < -0.39 is 0 Å². The predicted octanol–water partition coefficient (Wildman–Crippen LogP) is 0.878. The molecular formula is C13H17N5O2. The van der Waals surface area contributed by atoms with Gasteiger partial charge in [-0.05, 0) is 29.0 Å². The molecule has 1 aromatic heterocycles. The van der Waals surface area contributed by atoms with Crippen molar-refractivity contribution < 1.29 is 9.47 Å². The van der Waals surface area contributed by atoms with E-state index >= 15 is 0 Å². The van der Waals surface area contributed by atoms with Crippen molar-refractivity contribution in [3.8, 4) is 5.69 Å². The van der Waals surface area contributed by atoms with E-state index in [-0.39, 0.29) is 12.1 Å². The van der Waals surface area contributed by atoms with E-state index in [9.17, 15) is 0 Å². The summed E-state index contributed by atoms with van der Waals surface area (Å²) in [6.07, 6.45) is 0.866. The predicted molar refractivity (Wildman–Crippen MR) is 72.8 cm³/mol. The van der Waals surface area contributed by atoms with Crippen LogP contribution in [0.1, 0.15) is 6.42 Å². The lowest BCUT2D eigenvalue weighted by Crippen LogP contribution is -2.43. The van der Waals surface area contributed by atoms with Gasteiger partial charge in [-0.2, -0.15) is 4.68 Å². The highest BCUT2D eigenvalue weighted by Gasteiger charge is 2.27. The Hall–Kier alpha value is -1.99. The van der Waals surface area contributed by atoms with Crippen molar-refractivity contribution in [1.29, 1.82) is 0 Å². The minimum atomic E-state index is 0.00433. The lowest BCUT2D eigenvalue weighted by atomic mass is 10.1. The molecule has 1 aliphatic heterocycles. The molecule has 0 amide bonds. The normalized spacial score (nSPS) is 22.6. The summed E-state index contributed by atoms with van der Waals surface area (Å²) >= 11 is 0. The molecule has 0 radical (unpaired) electrons. The van der Waals surface area contributed by atoms with Crippen molar-refractivity contribution >= 4 is 5.95 Å². The molecule has 0 bridgehead atoms. The van der Waals surface area contributed by atoms with Gasteiger partial charge in [0.25, 0.3) is 0 Å². The zero-order chi connectivity index (χ0) is 13.8. The Balaban J connectivity index is 1.80. The number of hydrogen-bond acceptors (Lipinski definition) is 6. The Labute approximate surface area is 116 Å². The number of benzene rings is 1. The van der Waals surface area contributed by atoms with Gasteiger partial charge in [0.1, 0.15) is 6.10 Å². The van der Waals surface area contributed by atoms with Gasteiger partial charge in [-0.1, -0.05) is 23.3 Å². The van der Waals surface area contributed by atoms with Crippen LogP contribution >= 0.6 is 0 Å². The van der Waals surface area contributed by atoms with Gasteiger partial charge in [-0.15, -0.1) is 0 Å². The molecule has 7 nitrogen and oxygen atoms in total. The second-order valence-corrected chi connectivity index (χ2v) is 4.64. The molecule has 1 fully saturated rings. The van der Waals surface area contributed by atoms with Crippen LogP contribution in [0.2, 0.25) is 0 Å². The quantitative estimate of drug-likeness (QED) is 0.892. The molecule has 0 spiro atoms. The van der Waals surface area contributed by atoms with Crippen LogP contribution in [0.15, 0.2) is 30.3 Å². The number of methoxy groups -OCH3 is 1. The van der Waals surface area contributed by atoms with Crippen LogP contribution < -0.4 is 5.32 Å². The van der Waals surface area contributed by atoms with Gasteiger partial charge in [0.15, 0.2) is 0 Å². The van der Waals surface area contributed by atoms with Crippen LogP contribution in [0.25, 0.3) is 5.69 Å². The fourth-order valence-electron chi connectivity index (χ4n) is 2.30. The van der Waals surface area contributed by atoms with Crippen LogP contribution in [0.3, 0.4) is 0 Å². The molecule has 0 unspecified atom stereocenters. The topological polar surface area (TPSA) is 74.1 Å². The number of tetrazole rings is 1. The van der Waals surface area contributed by atoms with Crippen molar-refractivity contribution in [3.63, 3.8) is 0 Å². The largest absolute Gasteiger partial charge is 0.379 e. The summed E-state index contributed by atoms with van der Waals surface area (Å²) in [5.74, 6) is 0.616. The first kappa shape index (κ1) is 13.0. The molecule has 2 atom stereocenters. The molecule has 0 aliphatic carbocycles. The Morgan fingerprint density at radius 1 is 1.35 bits per heavy atom. The first-order chi connectivity index (χ1) is 9.88. The van der Waals surface area contributed by atoms with Crippen molar-refractivity contribution in [2.24, 2.45) is 0 Å². The molecule has 0 saturated carbocycles. The standard InChI is InChI=1S/C13H17N5O2/c1-19-12-9-20-8-7-11(12)14-13-15-16-17-18(13)10-5-3-2-4-6-10/h2-6,11-12H,7-9H2,1H3,(H,14,15,17)/t11-,12-/m0/s1. The second-order valence-electron chi connectivity index (χ2n) is 4.64. The van der Waals surface area contributed by atoms with E-state index in [2.05, 4.69) is 20.8 Å². The average Bonchev–Trinajstić information content (AvgIpc) is 2.97. The van der Waals surface area contributed by atoms with Gasteiger partial charge in [-0.3, -0.25) is 0 Å². The number of aromatic nitrogens is 4. The van der Waals surface area contributed by atoms with Gasteiger partial charge in [0.2, 0.25) is 5.95 Å². The van der Waals surface area contributed by atoms with Crippen LogP contribution in [0, 0.1) is 0 Å². The summed E-state index contributed by atoms with van der Waals surface area (Å²) in [7, 11) is 1.69. The monoisotopic (exact) mass is 275 g/mol. The molecule has 1 aliphatic rings. The summed E-state index contributed by atoms with van der Waals surface area (Å²) in [5.41, 5.74) is 0.918. The Kier molecular flexibility index (Phi) is 3.89. The Morgan fingerprint density at radius 3 is 3.00 bits per heavy atom. The third-order valence-electron chi connectivity index (χ3n) is 3.39. The molecule has 106 valence electrons. The number of nitrogens with zero attached hydrogens (tertiary/aromatic N) is 4. The molecule has 3 rings (SSSR count). The van der Waals surface area contributed by atoms with E-state index in [0.717, 1.165) is 12.1 Å². The summed E-state index contributed by atoms with van der Waals surface area (Å²) in [4.78, 5) is 0. The van der Waals surface area contributed by atoms with Gasteiger partial charge in [-0.25, -0.2) is 0 Å². The zero-order valence-electron chi connectivity index (χ0n) is 11.3.